The summed E-state index contributed by atoms with van der Waals surface area (Å²) in [5.74, 6) is 0.845. The van der Waals surface area contributed by atoms with Crippen molar-refractivity contribution >= 4 is 21.9 Å². The number of alkyl halides is 1. The van der Waals surface area contributed by atoms with Crippen LogP contribution in [0.15, 0.2) is 0 Å². The molecule has 0 amide bonds. The number of aryl methyl sites for hydroxylation is 1. The van der Waals surface area contributed by atoms with Gasteiger partial charge in [0.15, 0.2) is 0 Å². The Kier molecular flexibility index (Phi) is 4.86. The lowest BCUT2D eigenvalue weighted by Gasteiger charge is -2.20. The second kappa shape index (κ2) is 5.95. The molecule has 5 nitrogen and oxygen atoms in total. The van der Waals surface area contributed by atoms with Crippen LogP contribution in [0.3, 0.4) is 0 Å². The monoisotopic (exact) mass is 261 g/mol. The number of hydrogen-bond donors (Lipinski definition) is 0. The fourth-order valence-electron chi connectivity index (χ4n) is 1.26. The maximum atomic E-state index is 3.99. The van der Waals surface area contributed by atoms with Crippen LogP contribution in [0.25, 0.3) is 0 Å². The molecule has 0 saturated heterocycles. The number of unbranched alkanes of at least 4 members (excludes halogenated alkanes) is 1. The average Bonchev–Trinajstić information content (AvgIpc) is 2.59. The molecule has 0 aliphatic rings. The molecule has 0 N–H and O–H groups in total. The van der Waals surface area contributed by atoms with Gasteiger partial charge >= 0.3 is 0 Å². The minimum atomic E-state index is 0.845. The van der Waals surface area contributed by atoms with Crippen molar-refractivity contribution in [1.82, 2.24) is 20.2 Å². The lowest BCUT2D eigenvalue weighted by molar-refractivity contribution is 0.666. The number of tetrazole rings is 1. The number of rotatable bonds is 6. The highest BCUT2D eigenvalue weighted by Crippen LogP contribution is 2.08. The van der Waals surface area contributed by atoms with Crippen molar-refractivity contribution in [3.63, 3.8) is 0 Å². The van der Waals surface area contributed by atoms with E-state index in [-0.39, 0.29) is 0 Å². The van der Waals surface area contributed by atoms with E-state index in [9.17, 15) is 0 Å². The average molecular weight is 262 g/mol. The zero-order chi connectivity index (χ0) is 10.4. The fourth-order valence-corrected chi connectivity index (χ4v) is 1.68. The Morgan fingerprint density at radius 2 is 2.21 bits per heavy atom. The van der Waals surface area contributed by atoms with Gasteiger partial charge in [-0.2, -0.15) is 0 Å². The number of anilines is 1. The number of halogens is 1. The molecule has 0 bridgehead atoms. The third-order valence-corrected chi connectivity index (χ3v) is 2.37. The van der Waals surface area contributed by atoms with Crippen LogP contribution in [0.1, 0.15) is 19.8 Å². The molecule has 0 spiro atoms. The van der Waals surface area contributed by atoms with Gasteiger partial charge in [-0.3, -0.25) is 0 Å². The first kappa shape index (κ1) is 11.4. The van der Waals surface area contributed by atoms with Crippen molar-refractivity contribution in [3.05, 3.63) is 0 Å². The summed E-state index contributed by atoms with van der Waals surface area (Å²) in [6.45, 7) is 4.13. The first-order valence-electron chi connectivity index (χ1n) is 4.82. The third kappa shape index (κ3) is 2.94. The second-order valence-corrected chi connectivity index (χ2v) is 3.93. The molecule has 0 atom stereocenters. The highest BCUT2D eigenvalue weighted by Gasteiger charge is 2.11. The summed E-state index contributed by atoms with van der Waals surface area (Å²) in [5.41, 5.74) is 0. The van der Waals surface area contributed by atoms with Gasteiger partial charge in [0.25, 0.3) is 0 Å². The molecule has 0 unspecified atom stereocenters. The fraction of sp³-hybridized carbons (Fsp3) is 0.875. The minimum Gasteiger partial charge on any atom is -0.339 e. The zero-order valence-corrected chi connectivity index (χ0v) is 10.2. The van der Waals surface area contributed by atoms with Crippen molar-refractivity contribution in [2.45, 2.75) is 19.8 Å². The second-order valence-electron chi connectivity index (χ2n) is 3.13. The third-order valence-electron chi connectivity index (χ3n) is 2.02. The Morgan fingerprint density at radius 1 is 1.43 bits per heavy atom. The lowest BCUT2D eigenvalue weighted by atomic mass is 10.3. The van der Waals surface area contributed by atoms with E-state index in [0.29, 0.717) is 0 Å². The van der Waals surface area contributed by atoms with Gasteiger partial charge in [-0.15, -0.1) is 0 Å². The van der Waals surface area contributed by atoms with Crippen LogP contribution in [-0.4, -0.2) is 38.6 Å². The minimum absolute atomic E-state index is 0.845. The molecule has 6 heteroatoms. The van der Waals surface area contributed by atoms with Gasteiger partial charge in [0.1, 0.15) is 0 Å². The predicted molar refractivity (Wildman–Crippen MR) is 59.7 cm³/mol. The van der Waals surface area contributed by atoms with Gasteiger partial charge in [-0.05, 0) is 16.8 Å². The molecule has 0 saturated carbocycles. The largest absolute Gasteiger partial charge is 0.339 e. The standard InChI is InChI=1S/C8H16BrN5/c1-3-4-6-14(7-5-9)8-10-11-12-13(8)2/h3-7H2,1-2H3. The van der Waals surface area contributed by atoms with E-state index in [2.05, 4.69) is 43.3 Å². The molecule has 14 heavy (non-hydrogen) atoms. The number of nitrogens with zero attached hydrogens (tertiary/aromatic N) is 5. The van der Waals surface area contributed by atoms with E-state index in [1.807, 2.05) is 7.05 Å². The molecule has 1 rings (SSSR count). The maximum Gasteiger partial charge on any atom is 0.245 e. The first-order chi connectivity index (χ1) is 6.79. The van der Waals surface area contributed by atoms with E-state index >= 15 is 0 Å². The summed E-state index contributed by atoms with van der Waals surface area (Å²) in [6, 6.07) is 0. The van der Waals surface area contributed by atoms with Crippen molar-refractivity contribution in [2.24, 2.45) is 7.05 Å². The van der Waals surface area contributed by atoms with Crippen LogP contribution in [0.5, 0.6) is 0 Å². The molecule has 0 radical (unpaired) electrons. The molecule has 0 aliphatic carbocycles. The summed E-state index contributed by atoms with van der Waals surface area (Å²) in [6.07, 6.45) is 2.35. The van der Waals surface area contributed by atoms with Gasteiger partial charge in [0.05, 0.1) is 0 Å². The van der Waals surface area contributed by atoms with Gasteiger partial charge in [0, 0.05) is 25.5 Å². The molecule has 0 aliphatic heterocycles. The summed E-state index contributed by atoms with van der Waals surface area (Å²) < 4.78 is 1.71. The molecule has 0 fully saturated rings. The van der Waals surface area contributed by atoms with Crippen molar-refractivity contribution in [1.29, 1.82) is 0 Å². The summed E-state index contributed by atoms with van der Waals surface area (Å²) in [4.78, 5) is 2.19. The van der Waals surface area contributed by atoms with Crippen LogP contribution < -0.4 is 4.90 Å². The number of hydrogen-bond acceptors (Lipinski definition) is 4. The quantitative estimate of drug-likeness (QED) is 0.723. The maximum absolute atomic E-state index is 3.99. The van der Waals surface area contributed by atoms with Gasteiger partial charge in [-0.1, -0.05) is 34.4 Å². The van der Waals surface area contributed by atoms with E-state index in [1.165, 1.54) is 12.8 Å². The molecule has 1 heterocycles. The van der Waals surface area contributed by atoms with E-state index in [1.54, 1.807) is 4.68 Å². The highest BCUT2D eigenvalue weighted by atomic mass is 79.9. The molecule has 1 aromatic heterocycles. The Hall–Kier alpha value is -0.650. The predicted octanol–water partition coefficient (Wildman–Crippen LogP) is 1.21. The Bertz CT molecular complexity index is 262. The zero-order valence-electron chi connectivity index (χ0n) is 8.65. The van der Waals surface area contributed by atoms with Gasteiger partial charge in [-0.25, -0.2) is 4.68 Å². The van der Waals surface area contributed by atoms with Crippen molar-refractivity contribution in [3.8, 4) is 0 Å². The van der Waals surface area contributed by atoms with Crippen LogP contribution in [0.4, 0.5) is 5.95 Å². The molecular formula is C8H16BrN5. The Morgan fingerprint density at radius 3 is 2.71 bits per heavy atom. The topological polar surface area (TPSA) is 46.8 Å². The van der Waals surface area contributed by atoms with Crippen molar-refractivity contribution in [2.75, 3.05) is 23.3 Å². The molecule has 1 aromatic rings. The van der Waals surface area contributed by atoms with Crippen LogP contribution in [0.2, 0.25) is 0 Å². The Balaban J connectivity index is 2.62. The van der Waals surface area contributed by atoms with E-state index in [4.69, 9.17) is 0 Å². The summed E-state index contributed by atoms with van der Waals surface area (Å²) in [7, 11) is 1.86. The van der Waals surface area contributed by atoms with E-state index < -0.39 is 0 Å². The normalized spacial score (nSPS) is 10.5. The van der Waals surface area contributed by atoms with Gasteiger partial charge in [0.2, 0.25) is 5.95 Å². The van der Waals surface area contributed by atoms with Crippen molar-refractivity contribution < 1.29 is 0 Å². The Labute approximate surface area is 92.6 Å². The van der Waals surface area contributed by atoms with Crippen LogP contribution >= 0.6 is 15.9 Å². The van der Waals surface area contributed by atoms with Crippen LogP contribution in [0, 0.1) is 0 Å². The van der Waals surface area contributed by atoms with Crippen LogP contribution in [-0.2, 0) is 7.05 Å². The summed E-state index contributed by atoms with van der Waals surface area (Å²) >= 11 is 3.43. The molecule has 0 aromatic carbocycles. The van der Waals surface area contributed by atoms with Gasteiger partial charge < -0.3 is 4.90 Å². The SMILES string of the molecule is CCCCN(CCBr)c1nnnn1C. The molecule has 80 valence electrons. The lowest BCUT2D eigenvalue weighted by Crippen LogP contribution is -2.29. The smallest absolute Gasteiger partial charge is 0.245 e. The first-order valence-corrected chi connectivity index (χ1v) is 5.95. The molecular weight excluding hydrogens is 246 g/mol. The number of aromatic nitrogens is 4. The highest BCUT2D eigenvalue weighted by molar-refractivity contribution is 9.09. The van der Waals surface area contributed by atoms with E-state index in [0.717, 1.165) is 24.4 Å². The summed E-state index contributed by atoms with van der Waals surface area (Å²) in [5, 5.41) is 12.4.